The Balaban J connectivity index is 1.85. The first-order valence-electron chi connectivity index (χ1n) is 6.75. The number of aromatic hydroxyl groups is 1. The van der Waals surface area contributed by atoms with E-state index >= 15 is 0 Å². The van der Waals surface area contributed by atoms with E-state index in [1.165, 1.54) is 0 Å². The fraction of sp³-hybridized carbons (Fsp3) is 0.571. The van der Waals surface area contributed by atoms with Crippen LogP contribution >= 0.6 is 0 Å². The number of hydrogen-bond donors (Lipinski definition) is 3. The van der Waals surface area contributed by atoms with E-state index in [4.69, 9.17) is 4.74 Å². The molecular formula is C14H15NO4. The minimum atomic E-state index is -0.914. The molecule has 2 fully saturated rings. The van der Waals surface area contributed by atoms with Crippen LogP contribution in [0.5, 0.6) is 11.5 Å². The summed E-state index contributed by atoms with van der Waals surface area (Å²) in [6.07, 6.45) is 0.0662. The van der Waals surface area contributed by atoms with Gasteiger partial charge in [-0.2, -0.15) is 0 Å². The van der Waals surface area contributed by atoms with Gasteiger partial charge in [0.15, 0.2) is 11.5 Å². The number of phenols is 1. The molecule has 1 spiro atoms. The molecule has 100 valence electrons. The second-order valence-electron chi connectivity index (χ2n) is 6.24. The van der Waals surface area contributed by atoms with E-state index in [1.54, 1.807) is 6.07 Å². The van der Waals surface area contributed by atoms with Gasteiger partial charge in [-0.15, -0.1) is 0 Å². The quantitative estimate of drug-likeness (QED) is 0.616. The molecule has 1 aliphatic carbocycles. The Labute approximate surface area is 110 Å². The summed E-state index contributed by atoms with van der Waals surface area (Å²) in [5, 5.41) is 31.3. The Kier molecular flexibility index (Phi) is 1.52. The smallest absolute Gasteiger partial charge is 0.165 e. The van der Waals surface area contributed by atoms with Crippen LogP contribution in [0.3, 0.4) is 0 Å². The molecule has 19 heavy (non-hydrogen) atoms. The molecule has 0 radical (unpaired) electrons. The molecule has 1 aromatic rings. The molecule has 4 aliphatic rings. The van der Waals surface area contributed by atoms with Gasteiger partial charge in [-0.25, -0.2) is 0 Å². The van der Waals surface area contributed by atoms with Gasteiger partial charge in [-0.05, 0) is 24.5 Å². The summed E-state index contributed by atoms with van der Waals surface area (Å²) in [6, 6.07) is 3.54. The zero-order valence-corrected chi connectivity index (χ0v) is 10.3. The Morgan fingerprint density at radius 3 is 3.05 bits per heavy atom. The fourth-order valence-corrected chi connectivity index (χ4v) is 4.75. The van der Waals surface area contributed by atoms with Crippen LogP contribution in [0, 0.1) is 0 Å². The van der Waals surface area contributed by atoms with Crippen molar-refractivity contribution < 1.29 is 20.1 Å². The summed E-state index contributed by atoms with van der Waals surface area (Å²) in [6.45, 7) is 1.39. The SMILES string of the molecule is Oc1ccc2c3c1O[C@H]1[C@@H](O)CCC4(O)N(C2)C[C@]314. The van der Waals surface area contributed by atoms with Crippen molar-refractivity contribution in [3.8, 4) is 11.5 Å². The van der Waals surface area contributed by atoms with Crippen LogP contribution in [0.1, 0.15) is 24.0 Å². The molecule has 5 rings (SSSR count). The predicted molar refractivity (Wildman–Crippen MR) is 64.8 cm³/mol. The Bertz CT molecular complexity index is 618. The van der Waals surface area contributed by atoms with E-state index in [1.807, 2.05) is 6.07 Å². The van der Waals surface area contributed by atoms with Gasteiger partial charge < -0.3 is 20.1 Å². The molecule has 2 unspecified atom stereocenters. The molecule has 5 nitrogen and oxygen atoms in total. The number of benzene rings is 1. The molecule has 5 heteroatoms. The third kappa shape index (κ3) is 0.836. The van der Waals surface area contributed by atoms with Gasteiger partial charge in [-0.3, -0.25) is 4.90 Å². The second kappa shape index (κ2) is 2.75. The molecule has 0 aromatic heterocycles. The largest absolute Gasteiger partial charge is 0.504 e. The number of aliphatic hydroxyl groups is 2. The zero-order valence-electron chi connectivity index (χ0n) is 10.3. The van der Waals surface area contributed by atoms with Crippen LogP contribution < -0.4 is 4.74 Å². The summed E-state index contributed by atoms with van der Waals surface area (Å²) >= 11 is 0. The van der Waals surface area contributed by atoms with E-state index in [0.29, 0.717) is 31.7 Å². The number of hydrogen-bond acceptors (Lipinski definition) is 5. The van der Waals surface area contributed by atoms with E-state index in [9.17, 15) is 15.3 Å². The van der Waals surface area contributed by atoms with Gasteiger partial charge in [-0.1, -0.05) is 6.07 Å². The Hall–Kier alpha value is -1.30. The third-order valence-corrected chi connectivity index (χ3v) is 5.58. The highest BCUT2D eigenvalue weighted by Crippen LogP contribution is 2.67. The summed E-state index contributed by atoms with van der Waals surface area (Å²) in [5.74, 6) is 0.582. The van der Waals surface area contributed by atoms with Crippen LogP contribution in [0.4, 0.5) is 0 Å². The van der Waals surface area contributed by atoms with Gasteiger partial charge in [0.2, 0.25) is 0 Å². The first-order chi connectivity index (χ1) is 9.08. The lowest BCUT2D eigenvalue weighted by Gasteiger charge is -2.68. The highest BCUT2D eigenvalue weighted by atomic mass is 16.5. The highest BCUT2D eigenvalue weighted by Gasteiger charge is 2.77. The molecule has 1 aromatic carbocycles. The maximum atomic E-state index is 11.0. The van der Waals surface area contributed by atoms with Crippen molar-refractivity contribution in [2.45, 2.75) is 42.7 Å². The molecule has 3 heterocycles. The zero-order chi connectivity index (χ0) is 13.0. The molecule has 1 saturated carbocycles. The average Bonchev–Trinajstić information content (AvgIpc) is 2.79. The van der Waals surface area contributed by atoms with Crippen molar-refractivity contribution in [3.63, 3.8) is 0 Å². The van der Waals surface area contributed by atoms with E-state index in [2.05, 4.69) is 4.90 Å². The summed E-state index contributed by atoms with van der Waals surface area (Å²) in [4.78, 5) is 2.06. The van der Waals surface area contributed by atoms with Gasteiger partial charge in [0.1, 0.15) is 11.8 Å². The normalized spacial score (nSPS) is 48.2. The molecule has 0 amide bonds. The summed E-state index contributed by atoms with van der Waals surface area (Å²) in [7, 11) is 0. The number of aliphatic hydroxyl groups excluding tert-OH is 1. The molecule has 2 bridgehead atoms. The number of nitrogens with zero attached hydrogens (tertiary/aromatic N) is 1. The van der Waals surface area contributed by atoms with Crippen LogP contribution in [-0.2, 0) is 12.0 Å². The van der Waals surface area contributed by atoms with Gasteiger partial charge >= 0.3 is 0 Å². The van der Waals surface area contributed by atoms with Crippen molar-refractivity contribution in [2.75, 3.05) is 6.54 Å². The monoisotopic (exact) mass is 261 g/mol. The first-order valence-corrected chi connectivity index (χ1v) is 6.75. The van der Waals surface area contributed by atoms with Crippen molar-refractivity contribution in [1.29, 1.82) is 0 Å². The van der Waals surface area contributed by atoms with Crippen LogP contribution in [0.15, 0.2) is 12.1 Å². The molecule has 5 atom stereocenters. The van der Waals surface area contributed by atoms with E-state index in [-0.39, 0.29) is 5.75 Å². The number of ether oxygens (including phenoxy) is 1. The molecule has 1 saturated heterocycles. The third-order valence-electron chi connectivity index (χ3n) is 5.58. The lowest BCUT2D eigenvalue weighted by atomic mass is 9.52. The predicted octanol–water partition coefficient (Wildman–Crippen LogP) is 0.0635. The van der Waals surface area contributed by atoms with Gasteiger partial charge in [0.25, 0.3) is 0 Å². The molecule has 3 aliphatic heterocycles. The van der Waals surface area contributed by atoms with Crippen molar-refractivity contribution >= 4 is 0 Å². The molecule has 3 N–H and O–H groups in total. The number of phenolic OH excluding ortho intramolecular Hbond substituents is 1. The Morgan fingerprint density at radius 1 is 1.37 bits per heavy atom. The molecular weight excluding hydrogens is 246 g/mol. The van der Waals surface area contributed by atoms with Crippen LogP contribution in [0.25, 0.3) is 0 Å². The topological polar surface area (TPSA) is 73.2 Å². The van der Waals surface area contributed by atoms with Crippen molar-refractivity contribution in [1.82, 2.24) is 4.90 Å². The lowest BCUT2D eigenvalue weighted by Crippen LogP contribution is -2.84. The van der Waals surface area contributed by atoms with Gasteiger partial charge in [0.05, 0.1) is 11.5 Å². The highest BCUT2D eigenvalue weighted by molar-refractivity contribution is 5.63. The standard InChI is InChI=1S/C14H15NO4/c16-8-2-1-7-5-15-6-13-10(7)11(8)19-12(13)9(17)3-4-14(13,15)18/h1-2,9,12,16-18H,3-6H2/t9-,12-,13-,14?/m0/s1. The minimum absolute atomic E-state index is 0.109. The lowest BCUT2D eigenvalue weighted by molar-refractivity contribution is -0.306. The van der Waals surface area contributed by atoms with Crippen molar-refractivity contribution in [3.05, 3.63) is 23.3 Å². The first kappa shape index (κ1) is 10.5. The van der Waals surface area contributed by atoms with Crippen molar-refractivity contribution in [2.24, 2.45) is 0 Å². The Morgan fingerprint density at radius 2 is 2.21 bits per heavy atom. The van der Waals surface area contributed by atoms with E-state index < -0.39 is 23.3 Å². The van der Waals surface area contributed by atoms with Crippen LogP contribution in [-0.4, -0.2) is 44.7 Å². The van der Waals surface area contributed by atoms with Crippen LogP contribution in [0.2, 0.25) is 0 Å². The average molecular weight is 261 g/mol. The maximum Gasteiger partial charge on any atom is 0.165 e. The summed E-state index contributed by atoms with van der Waals surface area (Å²) < 4.78 is 5.86. The maximum absolute atomic E-state index is 11.0. The minimum Gasteiger partial charge on any atom is -0.504 e. The van der Waals surface area contributed by atoms with Gasteiger partial charge in [0, 0.05) is 18.7 Å². The number of rotatable bonds is 0. The summed E-state index contributed by atoms with van der Waals surface area (Å²) in [5.41, 5.74) is 0.566. The fourth-order valence-electron chi connectivity index (χ4n) is 4.75. The van der Waals surface area contributed by atoms with E-state index in [0.717, 1.165) is 11.1 Å². The second-order valence-corrected chi connectivity index (χ2v) is 6.24.